The lowest BCUT2D eigenvalue weighted by atomic mass is 10.1. The molecule has 0 aliphatic carbocycles. The summed E-state index contributed by atoms with van der Waals surface area (Å²) >= 11 is 0. The fraction of sp³-hybridized carbons (Fsp3) is 0.300. The molecule has 1 amide bonds. The Kier molecular flexibility index (Phi) is 5.36. The molecule has 0 N–H and O–H groups in total. The third-order valence-electron chi connectivity index (χ3n) is 4.23. The van der Waals surface area contributed by atoms with E-state index in [1.165, 1.54) is 15.8 Å². The first kappa shape index (κ1) is 18.4. The van der Waals surface area contributed by atoms with E-state index in [0.29, 0.717) is 16.5 Å². The number of nitriles is 1. The molecule has 0 fully saturated rings. The van der Waals surface area contributed by atoms with Crippen LogP contribution in [-0.2, 0) is 6.54 Å². The van der Waals surface area contributed by atoms with E-state index in [9.17, 15) is 9.59 Å². The van der Waals surface area contributed by atoms with E-state index in [1.54, 1.807) is 36.4 Å². The number of carbonyl (C=O) groups excluding carboxylic acids is 1. The van der Waals surface area contributed by atoms with Crippen molar-refractivity contribution >= 4 is 16.7 Å². The molecule has 3 aromatic rings. The van der Waals surface area contributed by atoms with E-state index in [2.05, 4.69) is 11.2 Å². The van der Waals surface area contributed by atoms with E-state index >= 15 is 0 Å². The molecule has 0 saturated heterocycles. The predicted octanol–water partition coefficient (Wildman–Crippen LogP) is 3.13. The van der Waals surface area contributed by atoms with Crippen molar-refractivity contribution in [3.8, 4) is 6.07 Å². The zero-order chi connectivity index (χ0) is 19.4. The Morgan fingerprint density at radius 3 is 2.63 bits per heavy atom. The van der Waals surface area contributed by atoms with Crippen molar-refractivity contribution in [2.75, 3.05) is 6.54 Å². The van der Waals surface area contributed by atoms with Gasteiger partial charge in [-0.3, -0.25) is 9.59 Å². The molecule has 27 heavy (non-hydrogen) atoms. The normalized spacial score (nSPS) is 10.9. The number of carbonyl (C=O) groups is 1. The van der Waals surface area contributed by atoms with Gasteiger partial charge in [-0.05, 0) is 32.0 Å². The highest BCUT2D eigenvalue weighted by atomic mass is 16.3. The summed E-state index contributed by atoms with van der Waals surface area (Å²) in [7, 11) is 0. The second-order valence-corrected chi connectivity index (χ2v) is 6.45. The molecule has 0 aliphatic rings. The van der Waals surface area contributed by atoms with E-state index in [0.717, 1.165) is 0 Å². The van der Waals surface area contributed by atoms with Gasteiger partial charge in [0, 0.05) is 11.9 Å². The molecule has 0 unspecified atom stereocenters. The number of amides is 1. The number of aromatic nitrogens is 2. The quantitative estimate of drug-likeness (QED) is 0.670. The van der Waals surface area contributed by atoms with Gasteiger partial charge in [0.05, 0.1) is 36.7 Å². The zero-order valence-electron chi connectivity index (χ0n) is 15.3. The van der Waals surface area contributed by atoms with Crippen LogP contribution in [0, 0.1) is 11.3 Å². The summed E-state index contributed by atoms with van der Waals surface area (Å²) in [5, 5.41) is 14.3. The third kappa shape index (κ3) is 3.75. The molecular weight excluding hydrogens is 344 g/mol. The Labute approximate surface area is 156 Å². The maximum absolute atomic E-state index is 13.3. The lowest BCUT2D eigenvalue weighted by Crippen LogP contribution is -2.35. The van der Waals surface area contributed by atoms with Crippen LogP contribution in [-0.4, -0.2) is 27.1 Å². The minimum atomic E-state index is -0.341. The minimum absolute atomic E-state index is 0.189. The maximum Gasteiger partial charge on any atom is 0.275 e. The highest BCUT2D eigenvalue weighted by Crippen LogP contribution is 2.18. The molecule has 0 atom stereocenters. The summed E-state index contributed by atoms with van der Waals surface area (Å²) in [4.78, 5) is 27.5. The number of nitrogens with zero attached hydrogens (tertiary/aromatic N) is 4. The van der Waals surface area contributed by atoms with Crippen molar-refractivity contribution in [2.45, 2.75) is 32.9 Å². The lowest BCUT2D eigenvalue weighted by Gasteiger charge is -2.21. The van der Waals surface area contributed by atoms with Gasteiger partial charge < -0.3 is 9.32 Å². The fourth-order valence-corrected chi connectivity index (χ4v) is 2.89. The van der Waals surface area contributed by atoms with E-state index in [4.69, 9.17) is 9.68 Å². The van der Waals surface area contributed by atoms with Crippen LogP contribution in [0.15, 0.2) is 51.9 Å². The average Bonchev–Trinajstić information content (AvgIpc) is 3.18. The Morgan fingerprint density at radius 1 is 1.26 bits per heavy atom. The third-order valence-corrected chi connectivity index (χ3v) is 4.23. The van der Waals surface area contributed by atoms with Crippen LogP contribution in [0.4, 0.5) is 0 Å². The monoisotopic (exact) mass is 364 g/mol. The molecule has 0 spiro atoms. The molecule has 0 bridgehead atoms. The summed E-state index contributed by atoms with van der Waals surface area (Å²) in [6.45, 7) is 4.15. The Balaban J connectivity index is 2.10. The van der Waals surface area contributed by atoms with Crippen LogP contribution in [0.5, 0.6) is 0 Å². The first-order valence-electron chi connectivity index (χ1n) is 8.73. The highest BCUT2D eigenvalue weighted by Gasteiger charge is 2.23. The molecule has 7 nitrogen and oxygen atoms in total. The summed E-state index contributed by atoms with van der Waals surface area (Å²) in [5.74, 6) is 0.273. The largest absolute Gasteiger partial charge is 0.467 e. The molecular formula is C20H20N4O3. The molecule has 2 aromatic heterocycles. The molecule has 0 saturated carbocycles. The molecule has 7 heteroatoms. The number of hydrogen-bond donors (Lipinski definition) is 0. The number of rotatable bonds is 6. The van der Waals surface area contributed by atoms with Crippen LogP contribution < -0.4 is 5.56 Å². The van der Waals surface area contributed by atoms with Gasteiger partial charge in [-0.25, -0.2) is 4.68 Å². The van der Waals surface area contributed by atoms with Gasteiger partial charge in [0.15, 0.2) is 5.69 Å². The molecule has 0 radical (unpaired) electrons. The van der Waals surface area contributed by atoms with Crippen molar-refractivity contribution < 1.29 is 9.21 Å². The van der Waals surface area contributed by atoms with Gasteiger partial charge in [-0.1, -0.05) is 18.2 Å². The van der Waals surface area contributed by atoms with Crippen LogP contribution >= 0.6 is 0 Å². The topological polar surface area (TPSA) is 92.1 Å². The SMILES string of the molecule is CC(C)n1nc(C(=O)N(CCC#N)Cc2ccco2)c2ccccc2c1=O. The second kappa shape index (κ2) is 7.87. The summed E-state index contributed by atoms with van der Waals surface area (Å²) in [6.07, 6.45) is 1.73. The Morgan fingerprint density at radius 2 is 2.00 bits per heavy atom. The zero-order valence-corrected chi connectivity index (χ0v) is 15.3. The van der Waals surface area contributed by atoms with Crippen LogP contribution in [0.25, 0.3) is 10.8 Å². The Hall–Kier alpha value is -3.40. The van der Waals surface area contributed by atoms with Gasteiger partial charge >= 0.3 is 0 Å². The van der Waals surface area contributed by atoms with Gasteiger partial charge in [0.25, 0.3) is 11.5 Å². The van der Waals surface area contributed by atoms with Gasteiger partial charge in [0.1, 0.15) is 5.76 Å². The first-order valence-corrected chi connectivity index (χ1v) is 8.73. The molecule has 3 rings (SSSR count). The van der Waals surface area contributed by atoms with Crippen molar-refractivity contribution in [1.29, 1.82) is 5.26 Å². The van der Waals surface area contributed by atoms with Crippen LogP contribution in [0.3, 0.4) is 0 Å². The standard InChI is InChI=1S/C20H20N4O3/c1-14(2)24-19(25)17-9-4-3-8-16(17)18(22-24)20(26)23(11-6-10-21)13-15-7-5-12-27-15/h3-5,7-9,12,14H,6,11,13H2,1-2H3. The summed E-state index contributed by atoms with van der Waals surface area (Å²) in [5.41, 5.74) is -0.0323. The second-order valence-electron chi connectivity index (χ2n) is 6.45. The molecule has 2 heterocycles. The van der Waals surface area contributed by atoms with Crippen LogP contribution in [0.2, 0.25) is 0 Å². The van der Waals surface area contributed by atoms with Gasteiger partial charge in [-0.2, -0.15) is 10.4 Å². The van der Waals surface area contributed by atoms with Gasteiger partial charge in [0.2, 0.25) is 0 Å². The van der Waals surface area contributed by atoms with Crippen molar-refractivity contribution in [1.82, 2.24) is 14.7 Å². The predicted molar refractivity (Wildman–Crippen MR) is 100 cm³/mol. The lowest BCUT2D eigenvalue weighted by molar-refractivity contribution is 0.0728. The summed E-state index contributed by atoms with van der Waals surface area (Å²) in [6, 6.07) is 12.3. The van der Waals surface area contributed by atoms with Crippen molar-refractivity contribution in [3.63, 3.8) is 0 Å². The van der Waals surface area contributed by atoms with E-state index in [1.807, 2.05) is 13.8 Å². The number of hydrogen-bond acceptors (Lipinski definition) is 5. The van der Waals surface area contributed by atoms with Crippen molar-refractivity contribution in [3.05, 3.63) is 64.5 Å². The molecule has 138 valence electrons. The maximum atomic E-state index is 13.3. The fourth-order valence-electron chi connectivity index (χ4n) is 2.89. The first-order chi connectivity index (χ1) is 13.0. The Bertz CT molecular complexity index is 1050. The summed E-state index contributed by atoms with van der Waals surface area (Å²) < 4.78 is 6.67. The smallest absolute Gasteiger partial charge is 0.275 e. The molecule has 0 aliphatic heterocycles. The van der Waals surface area contributed by atoms with Gasteiger partial charge in [-0.15, -0.1) is 0 Å². The minimum Gasteiger partial charge on any atom is -0.467 e. The van der Waals surface area contributed by atoms with E-state index in [-0.39, 0.29) is 42.7 Å². The highest BCUT2D eigenvalue weighted by molar-refractivity contribution is 6.04. The number of benzene rings is 1. The number of furan rings is 1. The molecule has 1 aromatic carbocycles. The van der Waals surface area contributed by atoms with Crippen LogP contribution in [0.1, 0.15) is 42.6 Å². The van der Waals surface area contributed by atoms with Crippen molar-refractivity contribution in [2.24, 2.45) is 0 Å². The van der Waals surface area contributed by atoms with E-state index < -0.39 is 0 Å². The number of fused-ring (bicyclic) bond motifs is 1. The average molecular weight is 364 g/mol.